The Morgan fingerprint density at radius 1 is 1.22 bits per heavy atom. The lowest BCUT2D eigenvalue weighted by Gasteiger charge is -2.04. The Kier molecular flexibility index (Phi) is 4.09. The first-order valence-corrected chi connectivity index (χ1v) is 8.06. The fourth-order valence-electron chi connectivity index (χ4n) is 2.73. The highest BCUT2D eigenvalue weighted by atomic mass is 16.6. The molecule has 0 aliphatic heterocycles. The number of pyridine rings is 1. The average molecular weight is 362 g/mol. The van der Waals surface area contributed by atoms with Crippen molar-refractivity contribution < 1.29 is 9.34 Å². The maximum atomic E-state index is 10.6. The number of para-hydroxylation sites is 1. The summed E-state index contributed by atoms with van der Waals surface area (Å²) in [4.78, 5) is 14.5. The largest absolute Gasteiger partial charge is 0.433 e. The standard InChI is InChI=1S/C18H14N6O3/c1-12-17-15(21-20-11-14-7-8-16(27-14)24(25)26)9-10-19-18(17)23(22-12)13-5-3-2-4-6-13/h2-11H,1H3,(H,19,21). The predicted molar refractivity (Wildman–Crippen MR) is 100 cm³/mol. The first-order chi connectivity index (χ1) is 13.1. The molecule has 0 saturated carbocycles. The highest BCUT2D eigenvalue weighted by molar-refractivity contribution is 5.92. The van der Waals surface area contributed by atoms with E-state index in [4.69, 9.17) is 4.42 Å². The number of nitrogens with one attached hydrogen (secondary N) is 1. The second-order valence-electron chi connectivity index (χ2n) is 5.69. The molecule has 0 unspecified atom stereocenters. The van der Waals surface area contributed by atoms with Gasteiger partial charge in [-0.3, -0.25) is 15.5 Å². The van der Waals surface area contributed by atoms with Crippen molar-refractivity contribution in [3.8, 4) is 5.69 Å². The number of aromatic nitrogens is 3. The molecular weight excluding hydrogens is 348 g/mol. The van der Waals surface area contributed by atoms with Gasteiger partial charge in [-0.1, -0.05) is 18.2 Å². The van der Waals surface area contributed by atoms with E-state index in [1.54, 1.807) is 16.9 Å². The van der Waals surface area contributed by atoms with Crippen LogP contribution in [0.2, 0.25) is 0 Å². The van der Waals surface area contributed by atoms with Crippen molar-refractivity contribution in [1.82, 2.24) is 14.8 Å². The molecule has 0 fully saturated rings. The van der Waals surface area contributed by atoms with Crippen LogP contribution < -0.4 is 5.43 Å². The van der Waals surface area contributed by atoms with Gasteiger partial charge in [0.15, 0.2) is 11.4 Å². The van der Waals surface area contributed by atoms with Gasteiger partial charge in [0.2, 0.25) is 0 Å². The van der Waals surface area contributed by atoms with Crippen molar-refractivity contribution >= 4 is 28.8 Å². The average Bonchev–Trinajstić information content (AvgIpc) is 3.28. The predicted octanol–water partition coefficient (Wildman–Crippen LogP) is 3.68. The van der Waals surface area contributed by atoms with E-state index >= 15 is 0 Å². The number of furan rings is 1. The summed E-state index contributed by atoms with van der Waals surface area (Å²) in [7, 11) is 0. The molecule has 0 bridgehead atoms. The van der Waals surface area contributed by atoms with Crippen LogP contribution in [0.25, 0.3) is 16.7 Å². The number of hydrazone groups is 1. The smallest absolute Gasteiger partial charge is 0.400 e. The summed E-state index contributed by atoms with van der Waals surface area (Å²) in [6.07, 6.45) is 3.04. The van der Waals surface area contributed by atoms with Crippen LogP contribution in [0.5, 0.6) is 0 Å². The Labute approximate surface area is 153 Å². The van der Waals surface area contributed by atoms with Crippen molar-refractivity contribution in [3.63, 3.8) is 0 Å². The van der Waals surface area contributed by atoms with Crippen LogP contribution in [-0.4, -0.2) is 25.9 Å². The Morgan fingerprint density at radius 2 is 2.04 bits per heavy atom. The molecule has 0 amide bonds. The molecule has 9 nitrogen and oxygen atoms in total. The van der Waals surface area contributed by atoms with Gasteiger partial charge >= 0.3 is 5.88 Å². The first-order valence-electron chi connectivity index (χ1n) is 8.06. The molecule has 1 aromatic carbocycles. The maximum Gasteiger partial charge on any atom is 0.433 e. The van der Waals surface area contributed by atoms with Gasteiger partial charge in [-0.15, -0.1) is 0 Å². The Bertz CT molecular complexity index is 1150. The van der Waals surface area contributed by atoms with E-state index in [1.165, 1.54) is 18.3 Å². The number of anilines is 1. The van der Waals surface area contributed by atoms with Crippen molar-refractivity contribution in [2.75, 3.05) is 5.43 Å². The van der Waals surface area contributed by atoms with E-state index in [1.807, 2.05) is 37.3 Å². The first kappa shape index (κ1) is 16.5. The quantitative estimate of drug-likeness (QED) is 0.329. The fraction of sp³-hybridized carbons (Fsp3) is 0.0556. The van der Waals surface area contributed by atoms with Crippen LogP contribution in [0.3, 0.4) is 0 Å². The molecule has 0 atom stereocenters. The van der Waals surface area contributed by atoms with Gasteiger partial charge in [0, 0.05) is 6.20 Å². The van der Waals surface area contributed by atoms with Crippen molar-refractivity contribution in [2.45, 2.75) is 6.92 Å². The number of rotatable bonds is 5. The topological polar surface area (TPSA) is 111 Å². The molecule has 0 aliphatic carbocycles. The summed E-state index contributed by atoms with van der Waals surface area (Å²) in [6, 6.07) is 14.3. The zero-order valence-corrected chi connectivity index (χ0v) is 14.2. The third kappa shape index (κ3) is 3.13. The van der Waals surface area contributed by atoms with Crippen molar-refractivity contribution in [3.05, 3.63) is 76.3 Å². The van der Waals surface area contributed by atoms with Crippen LogP contribution in [-0.2, 0) is 0 Å². The van der Waals surface area contributed by atoms with Crippen LogP contribution in [0.1, 0.15) is 11.5 Å². The molecule has 4 aromatic rings. The van der Waals surface area contributed by atoms with E-state index in [-0.39, 0.29) is 11.6 Å². The number of benzene rings is 1. The summed E-state index contributed by atoms with van der Waals surface area (Å²) in [5.41, 5.74) is 6.06. The molecule has 1 N–H and O–H groups in total. The molecular formula is C18H14N6O3. The second kappa shape index (κ2) is 6.71. The Hall–Kier alpha value is -4.01. The number of hydrogen-bond donors (Lipinski definition) is 1. The molecule has 0 aliphatic rings. The van der Waals surface area contributed by atoms with Gasteiger partial charge < -0.3 is 4.42 Å². The second-order valence-corrected chi connectivity index (χ2v) is 5.69. The van der Waals surface area contributed by atoms with Crippen LogP contribution in [0.15, 0.2) is 64.2 Å². The molecule has 0 radical (unpaired) electrons. The summed E-state index contributed by atoms with van der Waals surface area (Å²) in [6.45, 7) is 1.90. The number of fused-ring (bicyclic) bond motifs is 1. The van der Waals surface area contributed by atoms with Gasteiger partial charge in [0.05, 0.1) is 34.7 Å². The van der Waals surface area contributed by atoms with Gasteiger partial charge in [-0.2, -0.15) is 10.2 Å². The summed E-state index contributed by atoms with van der Waals surface area (Å²) in [5, 5.41) is 20.2. The van der Waals surface area contributed by atoms with E-state index in [0.29, 0.717) is 5.65 Å². The minimum absolute atomic E-state index is 0.274. The number of nitro groups is 1. The molecule has 9 heteroatoms. The van der Waals surface area contributed by atoms with Crippen molar-refractivity contribution in [1.29, 1.82) is 0 Å². The van der Waals surface area contributed by atoms with E-state index in [0.717, 1.165) is 22.5 Å². The molecule has 134 valence electrons. The minimum atomic E-state index is -0.599. The Morgan fingerprint density at radius 3 is 2.78 bits per heavy atom. The highest BCUT2D eigenvalue weighted by Crippen LogP contribution is 2.27. The van der Waals surface area contributed by atoms with Crippen molar-refractivity contribution in [2.24, 2.45) is 5.10 Å². The molecule has 3 aromatic heterocycles. The maximum absolute atomic E-state index is 10.6. The number of aryl methyl sites for hydroxylation is 1. The van der Waals surface area contributed by atoms with Gasteiger partial charge in [0.25, 0.3) is 0 Å². The molecule has 0 spiro atoms. The third-order valence-electron chi connectivity index (χ3n) is 3.91. The van der Waals surface area contributed by atoms with Crippen LogP contribution >= 0.6 is 0 Å². The summed E-state index contributed by atoms with van der Waals surface area (Å²) >= 11 is 0. The summed E-state index contributed by atoms with van der Waals surface area (Å²) < 4.78 is 6.81. The zero-order valence-electron chi connectivity index (χ0n) is 14.2. The normalized spacial score (nSPS) is 11.3. The number of hydrogen-bond acceptors (Lipinski definition) is 7. The molecule has 0 saturated heterocycles. The lowest BCUT2D eigenvalue weighted by Crippen LogP contribution is -1.97. The molecule has 3 heterocycles. The van der Waals surface area contributed by atoms with Crippen LogP contribution in [0, 0.1) is 17.0 Å². The Balaban J connectivity index is 1.65. The van der Waals surface area contributed by atoms with E-state index < -0.39 is 4.92 Å². The van der Waals surface area contributed by atoms with Gasteiger partial charge in [0.1, 0.15) is 4.92 Å². The lowest BCUT2D eigenvalue weighted by molar-refractivity contribution is -0.402. The fourth-order valence-corrected chi connectivity index (χ4v) is 2.73. The van der Waals surface area contributed by atoms with E-state index in [9.17, 15) is 10.1 Å². The highest BCUT2D eigenvalue weighted by Gasteiger charge is 2.14. The zero-order chi connectivity index (χ0) is 18.8. The van der Waals surface area contributed by atoms with Crippen LogP contribution in [0.4, 0.5) is 11.6 Å². The van der Waals surface area contributed by atoms with Gasteiger partial charge in [-0.25, -0.2) is 9.67 Å². The summed E-state index contributed by atoms with van der Waals surface area (Å²) in [5.74, 6) is -0.0565. The third-order valence-corrected chi connectivity index (χ3v) is 3.91. The molecule has 4 rings (SSSR count). The van der Waals surface area contributed by atoms with Gasteiger partial charge in [-0.05, 0) is 31.2 Å². The SMILES string of the molecule is Cc1nn(-c2ccccc2)c2nccc(NN=Cc3ccc([N+](=O)[O-])o3)c12. The number of nitrogens with zero attached hydrogens (tertiary/aromatic N) is 5. The lowest BCUT2D eigenvalue weighted by atomic mass is 10.2. The molecule has 27 heavy (non-hydrogen) atoms. The van der Waals surface area contributed by atoms with E-state index in [2.05, 4.69) is 20.6 Å². The monoisotopic (exact) mass is 362 g/mol. The minimum Gasteiger partial charge on any atom is -0.400 e.